The van der Waals surface area contributed by atoms with Crippen LogP contribution >= 0.6 is 23.2 Å². The fourth-order valence-electron chi connectivity index (χ4n) is 3.10. The number of benzene rings is 1. The van der Waals surface area contributed by atoms with Crippen molar-refractivity contribution in [1.29, 1.82) is 0 Å². The molecule has 4 atom stereocenters. The highest BCUT2D eigenvalue weighted by molar-refractivity contribution is 6.48. The highest BCUT2D eigenvalue weighted by atomic mass is 35.5. The number of aliphatic hydroxyl groups is 1. The van der Waals surface area contributed by atoms with Crippen LogP contribution < -0.4 is 0 Å². The zero-order valence-corrected chi connectivity index (χ0v) is 16.7. The van der Waals surface area contributed by atoms with E-state index in [2.05, 4.69) is 0 Å². The van der Waals surface area contributed by atoms with E-state index in [9.17, 15) is 14.7 Å². The van der Waals surface area contributed by atoms with Crippen molar-refractivity contribution in [3.05, 3.63) is 35.9 Å². The number of carbonyl (C=O) groups excluding carboxylic acids is 2. The SMILES string of the molecule is C[C@@H]1[C@H](c2ccccc2)OC(=O)N1C(=O)[C@H](C)[C@@H](O)CCCC(C)(Cl)Cl. The average molecular weight is 402 g/mol. The molecule has 0 aromatic heterocycles. The summed E-state index contributed by atoms with van der Waals surface area (Å²) in [5, 5.41) is 10.3. The van der Waals surface area contributed by atoms with Gasteiger partial charge in [-0.2, -0.15) is 0 Å². The van der Waals surface area contributed by atoms with Gasteiger partial charge in [0, 0.05) is 0 Å². The van der Waals surface area contributed by atoms with Crippen molar-refractivity contribution in [3.8, 4) is 0 Å². The summed E-state index contributed by atoms with van der Waals surface area (Å²) < 4.78 is 4.54. The van der Waals surface area contributed by atoms with Gasteiger partial charge in [-0.25, -0.2) is 9.69 Å². The molecule has 2 amide bonds. The third-order valence-electron chi connectivity index (χ3n) is 4.72. The minimum absolute atomic E-state index is 0.376. The molecule has 0 aliphatic carbocycles. The van der Waals surface area contributed by atoms with Crippen LogP contribution in [0.3, 0.4) is 0 Å². The summed E-state index contributed by atoms with van der Waals surface area (Å²) in [5.74, 6) is -1.16. The fraction of sp³-hybridized carbons (Fsp3) is 0.579. The molecule has 5 nitrogen and oxygen atoms in total. The van der Waals surface area contributed by atoms with Gasteiger partial charge in [-0.3, -0.25) is 4.79 Å². The Hall–Kier alpha value is -1.30. The van der Waals surface area contributed by atoms with E-state index < -0.39 is 40.5 Å². The quantitative estimate of drug-likeness (QED) is 0.684. The molecule has 0 spiro atoms. The van der Waals surface area contributed by atoms with E-state index >= 15 is 0 Å². The van der Waals surface area contributed by atoms with Crippen molar-refractivity contribution in [2.24, 2.45) is 5.92 Å². The largest absolute Gasteiger partial charge is 0.439 e. The second-order valence-electron chi connectivity index (χ2n) is 6.98. The number of imide groups is 1. The van der Waals surface area contributed by atoms with Gasteiger partial charge in [-0.1, -0.05) is 37.3 Å². The Kier molecular flexibility index (Phi) is 6.94. The summed E-state index contributed by atoms with van der Waals surface area (Å²) in [4.78, 5) is 26.1. The zero-order valence-electron chi connectivity index (χ0n) is 15.2. The van der Waals surface area contributed by atoms with Gasteiger partial charge in [-0.15, -0.1) is 23.2 Å². The fourth-order valence-corrected chi connectivity index (χ4v) is 3.37. The lowest BCUT2D eigenvalue weighted by molar-refractivity contribution is -0.136. The van der Waals surface area contributed by atoms with Gasteiger partial charge >= 0.3 is 6.09 Å². The van der Waals surface area contributed by atoms with Crippen molar-refractivity contribution in [2.75, 3.05) is 0 Å². The van der Waals surface area contributed by atoms with E-state index in [0.29, 0.717) is 19.3 Å². The second kappa shape index (κ2) is 8.59. The van der Waals surface area contributed by atoms with Gasteiger partial charge in [0.15, 0.2) is 0 Å². The maximum Gasteiger partial charge on any atom is 0.417 e. The van der Waals surface area contributed by atoms with E-state index in [-0.39, 0.29) is 0 Å². The zero-order chi connectivity index (χ0) is 19.5. The highest BCUT2D eigenvalue weighted by Crippen LogP contribution is 2.34. The number of hydrogen-bond acceptors (Lipinski definition) is 4. The average Bonchev–Trinajstić information content (AvgIpc) is 2.87. The minimum Gasteiger partial charge on any atom is -0.439 e. The second-order valence-corrected chi connectivity index (χ2v) is 8.84. The van der Waals surface area contributed by atoms with Crippen LogP contribution in [-0.4, -0.2) is 38.5 Å². The van der Waals surface area contributed by atoms with Gasteiger partial charge in [0.05, 0.1) is 18.1 Å². The molecule has 26 heavy (non-hydrogen) atoms. The number of nitrogens with zero attached hydrogens (tertiary/aromatic N) is 1. The van der Waals surface area contributed by atoms with Gasteiger partial charge < -0.3 is 9.84 Å². The van der Waals surface area contributed by atoms with E-state index in [1.165, 1.54) is 0 Å². The number of cyclic esters (lactones) is 1. The lowest BCUT2D eigenvalue weighted by Gasteiger charge is -2.25. The van der Waals surface area contributed by atoms with Crippen molar-refractivity contribution in [2.45, 2.75) is 62.6 Å². The Morgan fingerprint density at radius 3 is 2.54 bits per heavy atom. The molecule has 1 aromatic rings. The normalized spacial score (nSPS) is 22.8. The summed E-state index contributed by atoms with van der Waals surface area (Å²) in [6.45, 7) is 5.07. The summed E-state index contributed by atoms with van der Waals surface area (Å²) >= 11 is 11.8. The van der Waals surface area contributed by atoms with Crippen molar-refractivity contribution in [1.82, 2.24) is 4.90 Å². The molecular weight excluding hydrogens is 377 g/mol. The third kappa shape index (κ3) is 5.12. The van der Waals surface area contributed by atoms with Crippen molar-refractivity contribution >= 4 is 35.2 Å². The Morgan fingerprint density at radius 2 is 1.96 bits per heavy atom. The molecule has 1 heterocycles. The molecule has 1 saturated heterocycles. The van der Waals surface area contributed by atoms with Gasteiger partial charge in [0.1, 0.15) is 10.4 Å². The van der Waals surface area contributed by atoms with Crippen LogP contribution in [-0.2, 0) is 9.53 Å². The maximum atomic E-state index is 12.8. The smallest absolute Gasteiger partial charge is 0.417 e. The monoisotopic (exact) mass is 401 g/mol. The first kappa shape index (κ1) is 21.0. The molecule has 1 aliphatic rings. The molecule has 2 rings (SSSR count). The van der Waals surface area contributed by atoms with Crippen molar-refractivity contribution in [3.63, 3.8) is 0 Å². The number of rotatable bonds is 7. The van der Waals surface area contributed by atoms with Crippen LogP contribution in [0.2, 0.25) is 0 Å². The molecule has 7 heteroatoms. The predicted octanol–water partition coefficient (Wildman–Crippen LogP) is 4.46. The number of amides is 2. The van der Waals surface area contributed by atoms with E-state index in [1.54, 1.807) is 20.8 Å². The molecule has 1 fully saturated rings. The van der Waals surface area contributed by atoms with Gasteiger partial charge in [0.2, 0.25) is 5.91 Å². The molecule has 0 bridgehead atoms. The molecule has 1 aromatic carbocycles. The van der Waals surface area contributed by atoms with Crippen LogP contribution in [0.1, 0.15) is 51.7 Å². The standard InChI is InChI=1S/C19H25Cl2NO4/c1-12(15(23)10-7-11-19(3,20)21)17(24)22-13(2)16(26-18(22)25)14-8-5-4-6-9-14/h4-6,8-9,12-13,15-16,23H,7,10-11H2,1-3H3/t12-,13-,15+,16-/m1/s1. The first-order valence-electron chi connectivity index (χ1n) is 8.76. The Balaban J connectivity index is 2.00. The lowest BCUT2D eigenvalue weighted by atomic mass is 9.96. The molecule has 0 radical (unpaired) electrons. The molecule has 144 valence electrons. The number of alkyl halides is 2. The van der Waals surface area contributed by atoms with Gasteiger partial charge in [0.25, 0.3) is 0 Å². The summed E-state index contributed by atoms with van der Waals surface area (Å²) in [5.41, 5.74) is 0.834. The Morgan fingerprint density at radius 1 is 1.35 bits per heavy atom. The molecule has 0 unspecified atom stereocenters. The molecule has 1 aliphatic heterocycles. The maximum absolute atomic E-state index is 12.8. The van der Waals surface area contributed by atoms with Crippen LogP contribution in [0.4, 0.5) is 4.79 Å². The number of ether oxygens (including phenoxy) is 1. The number of hydrogen-bond donors (Lipinski definition) is 1. The Bertz CT molecular complexity index is 632. The Labute approximate surface area is 164 Å². The van der Waals surface area contributed by atoms with Crippen LogP contribution in [0, 0.1) is 5.92 Å². The lowest BCUT2D eigenvalue weighted by Crippen LogP contribution is -2.44. The summed E-state index contributed by atoms with van der Waals surface area (Å²) in [6, 6.07) is 8.86. The first-order chi connectivity index (χ1) is 12.1. The minimum atomic E-state index is -0.881. The summed E-state index contributed by atoms with van der Waals surface area (Å²) in [6.07, 6.45) is -0.605. The number of halogens is 2. The predicted molar refractivity (Wildman–Crippen MR) is 101 cm³/mol. The molecular formula is C19H25Cl2NO4. The number of carbonyl (C=O) groups is 2. The van der Waals surface area contributed by atoms with Gasteiger partial charge in [-0.05, 0) is 38.7 Å². The third-order valence-corrected chi connectivity index (χ3v) is 5.10. The first-order valence-corrected chi connectivity index (χ1v) is 9.52. The number of aliphatic hydroxyl groups excluding tert-OH is 1. The van der Waals surface area contributed by atoms with E-state index in [4.69, 9.17) is 27.9 Å². The van der Waals surface area contributed by atoms with E-state index in [1.807, 2.05) is 30.3 Å². The van der Waals surface area contributed by atoms with E-state index in [0.717, 1.165) is 10.5 Å². The molecule has 1 N–H and O–H groups in total. The highest BCUT2D eigenvalue weighted by Gasteiger charge is 2.45. The van der Waals surface area contributed by atoms with Crippen LogP contribution in [0.5, 0.6) is 0 Å². The topological polar surface area (TPSA) is 66.8 Å². The summed E-state index contributed by atoms with van der Waals surface area (Å²) in [7, 11) is 0. The van der Waals surface area contributed by atoms with Crippen LogP contribution in [0.15, 0.2) is 30.3 Å². The van der Waals surface area contributed by atoms with Crippen molar-refractivity contribution < 1.29 is 19.4 Å². The molecule has 0 saturated carbocycles. The van der Waals surface area contributed by atoms with Crippen LogP contribution in [0.25, 0.3) is 0 Å².